The van der Waals surface area contributed by atoms with Crippen molar-refractivity contribution in [2.24, 2.45) is 10.9 Å². The van der Waals surface area contributed by atoms with Gasteiger partial charge in [0.15, 0.2) is 11.8 Å². The minimum atomic E-state index is 0.193. The molecule has 0 spiro atoms. The molecule has 2 N–H and O–H groups in total. The van der Waals surface area contributed by atoms with Gasteiger partial charge >= 0.3 is 0 Å². The molecule has 1 aromatic rings. The predicted octanol–water partition coefficient (Wildman–Crippen LogP) is 2.42. The quantitative estimate of drug-likeness (QED) is 0.501. The third-order valence-corrected chi connectivity index (χ3v) is 6.62. The van der Waals surface area contributed by atoms with Gasteiger partial charge in [-0.05, 0) is 32.6 Å². The molecule has 2 heterocycles. The van der Waals surface area contributed by atoms with Gasteiger partial charge in [0.25, 0.3) is 0 Å². The highest BCUT2D eigenvalue weighted by Crippen LogP contribution is 2.27. The Balaban J connectivity index is 1.44. The third-order valence-electron chi connectivity index (χ3n) is 5.68. The molecule has 1 aliphatic heterocycles. The molecule has 1 amide bonds. The van der Waals surface area contributed by atoms with Crippen LogP contribution in [0.25, 0.3) is 0 Å². The second-order valence-electron chi connectivity index (χ2n) is 8.34. The highest BCUT2D eigenvalue weighted by molar-refractivity contribution is 7.99. The Bertz CT molecular complexity index is 693. The number of hydrogen-bond donors (Lipinski definition) is 2. The zero-order chi connectivity index (χ0) is 21.3. The Hall–Kier alpha value is -1.77. The molecule has 1 aromatic heterocycles. The van der Waals surface area contributed by atoms with Crippen LogP contribution in [-0.2, 0) is 11.2 Å². The maximum atomic E-state index is 12.7. The van der Waals surface area contributed by atoms with Crippen molar-refractivity contribution >= 4 is 23.6 Å². The first-order valence-corrected chi connectivity index (χ1v) is 12.5. The molecule has 1 saturated carbocycles. The minimum absolute atomic E-state index is 0.193. The number of carbonyl (C=O) groups excluding carboxylic acids is 1. The first-order valence-electron chi connectivity index (χ1n) is 11.3. The van der Waals surface area contributed by atoms with Gasteiger partial charge in [0.2, 0.25) is 11.8 Å². The van der Waals surface area contributed by atoms with Gasteiger partial charge in [-0.15, -0.1) is 0 Å². The maximum absolute atomic E-state index is 12.7. The first-order chi connectivity index (χ1) is 14.6. The molecule has 30 heavy (non-hydrogen) atoms. The summed E-state index contributed by atoms with van der Waals surface area (Å²) >= 11 is 1.94. The molecule has 168 valence electrons. The Kier molecular flexibility index (Phi) is 8.84. The van der Waals surface area contributed by atoms with E-state index in [2.05, 4.69) is 37.6 Å². The molecule has 0 unspecified atom stereocenters. The van der Waals surface area contributed by atoms with E-state index in [9.17, 15) is 4.79 Å². The number of nitrogens with zero attached hydrogens (tertiary/aromatic N) is 4. The molecule has 0 atom stereocenters. The van der Waals surface area contributed by atoms with Gasteiger partial charge < -0.3 is 20.1 Å². The monoisotopic (exact) mass is 436 g/mol. The van der Waals surface area contributed by atoms with Gasteiger partial charge in [-0.25, -0.2) is 0 Å². The predicted molar refractivity (Wildman–Crippen MR) is 121 cm³/mol. The Morgan fingerprint density at radius 1 is 1.27 bits per heavy atom. The van der Waals surface area contributed by atoms with Crippen molar-refractivity contribution in [3.8, 4) is 0 Å². The summed E-state index contributed by atoms with van der Waals surface area (Å²) in [7, 11) is 0. The zero-order valence-electron chi connectivity index (χ0n) is 18.5. The first kappa shape index (κ1) is 22.9. The summed E-state index contributed by atoms with van der Waals surface area (Å²) in [6, 6.07) is 0.361. The lowest BCUT2D eigenvalue weighted by Gasteiger charge is -2.34. The van der Waals surface area contributed by atoms with Gasteiger partial charge in [-0.3, -0.25) is 9.79 Å². The molecule has 1 saturated heterocycles. The van der Waals surface area contributed by atoms with Gasteiger partial charge in [-0.1, -0.05) is 19.0 Å². The number of rotatable bonds is 7. The minimum Gasteiger partial charge on any atom is -0.357 e. The van der Waals surface area contributed by atoms with Crippen molar-refractivity contribution < 1.29 is 9.32 Å². The van der Waals surface area contributed by atoms with Gasteiger partial charge in [-0.2, -0.15) is 16.7 Å². The molecule has 2 aliphatic rings. The molecule has 9 heteroatoms. The fraction of sp³-hybridized carbons (Fsp3) is 0.810. The molecular weight excluding hydrogens is 400 g/mol. The molecule has 2 fully saturated rings. The average molecular weight is 437 g/mol. The highest BCUT2D eigenvalue weighted by atomic mass is 32.2. The van der Waals surface area contributed by atoms with Crippen LogP contribution >= 0.6 is 11.8 Å². The van der Waals surface area contributed by atoms with Crippen LogP contribution in [0, 0.1) is 5.92 Å². The maximum Gasteiger partial charge on any atom is 0.228 e. The van der Waals surface area contributed by atoms with E-state index >= 15 is 0 Å². The van der Waals surface area contributed by atoms with Gasteiger partial charge in [0, 0.05) is 55.4 Å². The molecule has 8 nitrogen and oxygen atoms in total. The van der Waals surface area contributed by atoms with E-state index in [0.717, 1.165) is 68.6 Å². The number of amides is 1. The van der Waals surface area contributed by atoms with Crippen molar-refractivity contribution in [1.29, 1.82) is 0 Å². The van der Waals surface area contributed by atoms with Crippen LogP contribution in [0.2, 0.25) is 0 Å². The summed E-state index contributed by atoms with van der Waals surface area (Å²) in [5, 5.41) is 10.9. The van der Waals surface area contributed by atoms with E-state index in [1.165, 1.54) is 0 Å². The van der Waals surface area contributed by atoms with Crippen LogP contribution in [0.4, 0.5) is 0 Å². The lowest BCUT2D eigenvalue weighted by molar-refractivity contribution is -0.136. The largest absolute Gasteiger partial charge is 0.357 e. The third kappa shape index (κ3) is 6.62. The Morgan fingerprint density at radius 2 is 2.00 bits per heavy atom. The van der Waals surface area contributed by atoms with Crippen molar-refractivity contribution in [1.82, 2.24) is 25.7 Å². The van der Waals surface area contributed by atoms with Crippen molar-refractivity contribution in [2.45, 2.75) is 64.8 Å². The van der Waals surface area contributed by atoms with Crippen LogP contribution in [0.1, 0.15) is 64.1 Å². The zero-order valence-corrected chi connectivity index (χ0v) is 19.3. The summed E-state index contributed by atoms with van der Waals surface area (Å²) in [6.45, 7) is 9.40. The normalized spacial score (nSPS) is 22.9. The van der Waals surface area contributed by atoms with Crippen molar-refractivity contribution in [3.63, 3.8) is 0 Å². The van der Waals surface area contributed by atoms with E-state index < -0.39 is 0 Å². The lowest BCUT2D eigenvalue weighted by Crippen LogP contribution is -2.47. The number of guanidine groups is 1. The molecule has 0 radical (unpaired) electrons. The average Bonchev–Trinajstić information content (AvgIpc) is 3.24. The van der Waals surface area contributed by atoms with Crippen molar-refractivity contribution in [2.75, 3.05) is 37.7 Å². The standard InChI is InChI=1S/C21H36N6O2S/c1-4-22-21(23-10-9-18-25-19(15(2)3)26-29-18)24-17-7-5-16(6-8-17)20(28)27-11-13-30-14-12-27/h15-17H,4-14H2,1-3H3,(H2,22,23,24). The lowest BCUT2D eigenvalue weighted by atomic mass is 9.85. The number of carbonyl (C=O) groups is 1. The fourth-order valence-electron chi connectivity index (χ4n) is 3.91. The number of thioether (sulfide) groups is 1. The van der Waals surface area contributed by atoms with Crippen molar-refractivity contribution in [3.05, 3.63) is 11.7 Å². The van der Waals surface area contributed by atoms with E-state index in [1.807, 2.05) is 25.6 Å². The van der Waals surface area contributed by atoms with E-state index in [0.29, 0.717) is 30.8 Å². The van der Waals surface area contributed by atoms with Crippen LogP contribution in [0.15, 0.2) is 9.52 Å². The smallest absolute Gasteiger partial charge is 0.228 e. The van der Waals surface area contributed by atoms with E-state index in [4.69, 9.17) is 4.52 Å². The van der Waals surface area contributed by atoms with Crippen LogP contribution in [-0.4, -0.2) is 70.6 Å². The molecule has 0 bridgehead atoms. The fourth-order valence-corrected chi connectivity index (χ4v) is 4.81. The molecule has 0 aromatic carbocycles. The SMILES string of the molecule is CCNC(=NCCc1nc(C(C)C)no1)NC1CCC(C(=O)N2CCSCC2)CC1. The number of hydrogen-bond acceptors (Lipinski definition) is 6. The second kappa shape index (κ2) is 11.6. The summed E-state index contributed by atoms with van der Waals surface area (Å²) in [5.74, 6) is 5.18. The summed E-state index contributed by atoms with van der Waals surface area (Å²) < 4.78 is 5.29. The molecular formula is C21H36N6O2S. The second-order valence-corrected chi connectivity index (χ2v) is 9.57. The highest BCUT2D eigenvalue weighted by Gasteiger charge is 2.30. The van der Waals surface area contributed by atoms with Crippen LogP contribution in [0.3, 0.4) is 0 Å². The van der Waals surface area contributed by atoms with E-state index in [-0.39, 0.29) is 11.8 Å². The summed E-state index contributed by atoms with van der Waals surface area (Å²) in [6.07, 6.45) is 4.56. The number of nitrogens with one attached hydrogen (secondary N) is 2. The topological polar surface area (TPSA) is 95.6 Å². The number of aromatic nitrogens is 2. The van der Waals surface area contributed by atoms with Crippen LogP contribution < -0.4 is 10.6 Å². The molecule has 3 rings (SSSR count). The van der Waals surface area contributed by atoms with Crippen LogP contribution in [0.5, 0.6) is 0 Å². The van der Waals surface area contributed by atoms with E-state index in [1.54, 1.807) is 0 Å². The Labute approximate surface area is 184 Å². The van der Waals surface area contributed by atoms with Gasteiger partial charge in [0.05, 0.1) is 6.54 Å². The molecule has 1 aliphatic carbocycles. The van der Waals surface area contributed by atoms with Gasteiger partial charge in [0.1, 0.15) is 0 Å². The Morgan fingerprint density at radius 3 is 2.63 bits per heavy atom. The number of aliphatic imine (C=N–C) groups is 1. The summed E-state index contributed by atoms with van der Waals surface area (Å²) in [4.78, 5) is 23.9. The summed E-state index contributed by atoms with van der Waals surface area (Å²) in [5.41, 5.74) is 0.